The van der Waals surface area contributed by atoms with Crippen LogP contribution in [0.1, 0.15) is 38.5 Å². The second-order valence-electron chi connectivity index (χ2n) is 3.31. The first kappa shape index (κ1) is 18.3. The molecule has 0 aromatic rings. The molecule has 0 aromatic carbocycles. The molecule has 0 bridgehead atoms. The van der Waals surface area contributed by atoms with E-state index >= 15 is 0 Å². The van der Waals surface area contributed by atoms with Crippen molar-refractivity contribution in [3.63, 3.8) is 0 Å². The average molecular weight is 264 g/mol. The standard InChI is InChI=1S/C8H14O4.C2H2O4/c9-7(10)5-3-1-2-4-6-8(11)12;3-1(4)2(5)6/h1-6H2,(H,9,10)(H,11,12);(H,3,4)(H,5,6). The fourth-order valence-corrected chi connectivity index (χ4v) is 0.906. The van der Waals surface area contributed by atoms with E-state index in [4.69, 9.17) is 30.0 Å². The van der Waals surface area contributed by atoms with Gasteiger partial charge in [0.1, 0.15) is 0 Å². The van der Waals surface area contributed by atoms with Gasteiger partial charge in [0.25, 0.3) is 0 Å². The largest absolute Gasteiger partial charge is 0.481 e. The molecule has 0 unspecified atom stereocenters. The van der Waals surface area contributed by atoms with Gasteiger partial charge in [0.05, 0.1) is 0 Å². The van der Waals surface area contributed by atoms with Gasteiger partial charge in [0.15, 0.2) is 0 Å². The minimum absolute atomic E-state index is 0.188. The maximum atomic E-state index is 10.0. The van der Waals surface area contributed by atoms with Crippen molar-refractivity contribution in [1.29, 1.82) is 0 Å². The Kier molecular flexibility index (Phi) is 11.5. The number of rotatable bonds is 7. The van der Waals surface area contributed by atoms with Crippen molar-refractivity contribution in [2.24, 2.45) is 0 Å². The average Bonchev–Trinajstić information content (AvgIpc) is 2.23. The van der Waals surface area contributed by atoms with Crippen molar-refractivity contribution in [1.82, 2.24) is 0 Å². The second kappa shape index (κ2) is 11.4. The summed E-state index contributed by atoms with van der Waals surface area (Å²) in [5, 5.41) is 31.3. The van der Waals surface area contributed by atoms with Crippen LogP contribution in [0.3, 0.4) is 0 Å². The highest BCUT2D eigenvalue weighted by Gasteiger charge is 2.04. The zero-order chi connectivity index (χ0) is 14.6. The highest BCUT2D eigenvalue weighted by Crippen LogP contribution is 2.04. The first-order valence-corrected chi connectivity index (χ1v) is 5.17. The Balaban J connectivity index is 0. The number of hydrogen-bond donors (Lipinski definition) is 4. The first-order chi connectivity index (χ1) is 8.27. The first-order valence-electron chi connectivity index (χ1n) is 5.17. The van der Waals surface area contributed by atoms with E-state index in [-0.39, 0.29) is 12.8 Å². The van der Waals surface area contributed by atoms with Crippen LogP contribution in [0.15, 0.2) is 0 Å². The molecular weight excluding hydrogens is 248 g/mol. The van der Waals surface area contributed by atoms with Crippen molar-refractivity contribution in [2.45, 2.75) is 38.5 Å². The van der Waals surface area contributed by atoms with Crippen molar-refractivity contribution in [3.05, 3.63) is 0 Å². The van der Waals surface area contributed by atoms with E-state index in [9.17, 15) is 9.59 Å². The smallest absolute Gasteiger partial charge is 0.414 e. The van der Waals surface area contributed by atoms with Gasteiger partial charge in [-0.15, -0.1) is 0 Å². The van der Waals surface area contributed by atoms with Crippen LogP contribution in [0.25, 0.3) is 0 Å². The van der Waals surface area contributed by atoms with E-state index in [0.717, 1.165) is 12.8 Å². The summed E-state index contributed by atoms with van der Waals surface area (Å²) in [7, 11) is 0. The molecule has 0 aliphatic heterocycles. The topological polar surface area (TPSA) is 149 Å². The summed E-state index contributed by atoms with van der Waals surface area (Å²) in [5.74, 6) is -5.22. The number of carbonyl (C=O) groups is 4. The number of unbranched alkanes of at least 4 members (excludes halogenated alkanes) is 3. The van der Waals surface area contributed by atoms with Crippen molar-refractivity contribution in [3.8, 4) is 0 Å². The van der Waals surface area contributed by atoms with Gasteiger partial charge in [-0.2, -0.15) is 0 Å². The predicted molar refractivity (Wildman–Crippen MR) is 58.2 cm³/mol. The molecule has 0 heterocycles. The minimum atomic E-state index is -1.82. The molecule has 0 radical (unpaired) electrons. The molecule has 8 heteroatoms. The quantitative estimate of drug-likeness (QED) is 0.386. The van der Waals surface area contributed by atoms with Crippen LogP contribution in [0, 0.1) is 0 Å². The zero-order valence-corrected chi connectivity index (χ0v) is 9.66. The van der Waals surface area contributed by atoms with Gasteiger partial charge in [0.2, 0.25) is 0 Å². The molecular formula is C10H16O8. The van der Waals surface area contributed by atoms with E-state index in [1.807, 2.05) is 0 Å². The maximum absolute atomic E-state index is 10.0. The molecule has 0 fully saturated rings. The molecule has 0 saturated carbocycles. The lowest BCUT2D eigenvalue weighted by atomic mass is 10.1. The van der Waals surface area contributed by atoms with Gasteiger partial charge < -0.3 is 20.4 Å². The monoisotopic (exact) mass is 264 g/mol. The van der Waals surface area contributed by atoms with Crippen LogP contribution in [0.2, 0.25) is 0 Å². The molecule has 0 aliphatic rings. The number of carboxylic acids is 4. The van der Waals surface area contributed by atoms with E-state index < -0.39 is 23.9 Å². The normalized spacial score (nSPS) is 8.89. The summed E-state index contributed by atoms with van der Waals surface area (Å²) in [6, 6.07) is 0. The summed E-state index contributed by atoms with van der Waals surface area (Å²) in [4.78, 5) is 38.3. The van der Waals surface area contributed by atoms with Gasteiger partial charge in [-0.05, 0) is 12.8 Å². The maximum Gasteiger partial charge on any atom is 0.414 e. The highest BCUT2D eigenvalue weighted by molar-refractivity contribution is 6.27. The fourth-order valence-electron chi connectivity index (χ4n) is 0.906. The zero-order valence-electron chi connectivity index (χ0n) is 9.66. The van der Waals surface area contributed by atoms with Gasteiger partial charge in [-0.3, -0.25) is 9.59 Å². The Morgan fingerprint density at radius 3 is 1.00 bits per heavy atom. The molecule has 0 rings (SSSR count). The third kappa shape index (κ3) is 19.5. The Morgan fingerprint density at radius 2 is 0.833 bits per heavy atom. The van der Waals surface area contributed by atoms with Crippen molar-refractivity contribution in [2.75, 3.05) is 0 Å². The molecule has 18 heavy (non-hydrogen) atoms. The predicted octanol–water partition coefficient (Wildman–Crippen LogP) is 0.652. The van der Waals surface area contributed by atoms with Gasteiger partial charge in [-0.25, -0.2) is 9.59 Å². The highest BCUT2D eigenvalue weighted by atomic mass is 16.4. The third-order valence-electron chi connectivity index (χ3n) is 1.71. The van der Waals surface area contributed by atoms with Crippen LogP contribution in [0.5, 0.6) is 0 Å². The van der Waals surface area contributed by atoms with Gasteiger partial charge in [-0.1, -0.05) is 12.8 Å². The molecule has 0 amide bonds. The van der Waals surface area contributed by atoms with E-state index in [0.29, 0.717) is 12.8 Å². The molecule has 8 nitrogen and oxygen atoms in total. The molecule has 0 atom stereocenters. The van der Waals surface area contributed by atoms with E-state index in [1.54, 1.807) is 0 Å². The Labute approximate surface area is 103 Å². The SMILES string of the molecule is O=C(O)C(=O)O.O=C(O)CCCCCCC(=O)O. The Bertz CT molecular complexity index is 266. The van der Waals surface area contributed by atoms with Gasteiger partial charge >= 0.3 is 23.9 Å². The second-order valence-corrected chi connectivity index (χ2v) is 3.31. The Hall–Kier alpha value is -2.12. The summed E-state index contributed by atoms with van der Waals surface area (Å²) in [5.41, 5.74) is 0. The summed E-state index contributed by atoms with van der Waals surface area (Å²) >= 11 is 0. The van der Waals surface area contributed by atoms with Crippen LogP contribution in [-0.2, 0) is 19.2 Å². The van der Waals surface area contributed by atoms with Crippen LogP contribution >= 0.6 is 0 Å². The molecule has 0 spiro atoms. The molecule has 104 valence electrons. The summed E-state index contributed by atoms with van der Waals surface area (Å²) in [6.45, 7) is 0. The Morgan fingerprint density at radius 1 is 0.556 bits per heavy atom. The molecule has 0 aliphatic carbocycles. The lowest BCUT2D eigenvalue weighted by molar-refractivity contribution is -0.159. The van der Waals surface area contributed by atoms with Crippen LogP contribution < -0.4 is 0 Å². The molecule has 0 aromatic heterocycles. The lowest BCUT2D eigenvalue weighted by Crippen LogP contribution is -2.09. The van der Waals surface area contributed by atoms with E-state index in [2.05, 4.69) is 0 Å². The number of aliphatic carboxylic acids is 4. The lowest BCUT2D eigenvalue weighted by Gasteiger charge is -1.96. The number of hydrogen-bond acceptors (Lipinski definition) is 4. The van der Waals surface area contributed by atoms with Crippen molar-refractivity contribution < 1.29 is 39.6 Å². The van der Waals surface area contributed by atoms with Crippen molar-refractivity contribution >= 4 is 23.9 Å². The minimum Gasteiger partial charge on any atom is -0.481 e. The number of carboxylic acid groups (broad SMARTS) is 4. The third-order valence-corrected chi connectivity index (χ3v) is 1.71. The summed E-state index contributed by atoms with van der Waals surface area (Å²) in [6.07, 6.45) is 3.28. The summed E-state index contributed by atoms with van der Waals surface area (Å²) < 4.78 is 0. The van der Waals surface area contributed by atoms with Crippen LogP contribution in [-0.4, -0.2) is 44.3 Å². The molecule has 0 saturated heterocycles. The van der Waals surface area contributed by atoms with Gasteiger partial charge in [0, 0.05) is 12.8 Å². The molecule has 4 N–H and O–H groups in total. The van der Waals surface area contributed by atoms with Crippen LogP contribution in [0.4, 0.5) is 0 Å². The fraction of sp³-hybridized carbons (Fsp3) is 0.600. The van der Waals surface area contributed by atoms with E-state index in [1.165, 1.54) is 0 Å².